The summed E-state index contributed by atoms with van der Waals surface area (Å²) >= 11 is 2.12. The number of benzene rings is 1. The van der Waals surface area contributed by atoms with E-state index in [1.165, 1.54) is 21.0 Å². The molecule has 0 spiro atoms. The maximum absolute atomic E-state index is 13.0. The molecule has 2 atom stereocenters. The van der Waals surface area contributed by atoms with Crippen molar-refractivity contribution in [2.45, 2.75) is 38.0 Å². The van der Waals surface area contributed by atoms with Crippen molar-refractivity contribution < 1.29 is 24.0 Å². The number of nitrogens with two attached hydrogens (primary N) is 1. The third-order valence-corrected chi connectivity index (χ3v) is 5.38. The summed E-state index contributed by atoms with van der Waals surface area (Å²) in [5.41, 5.74) is 3.95. The van der Waals surface area contributed by atoms with Crippen LogP contribution >= 0.6 is 22.6 Å². The quantitative estimate of drug-likeness (QED) is 0.371. The SMILES string of the molecule is CN(OC1CCCCO1)C(=O)C(C)(C(N)=O)N(C)C(=O)c1ccc(I)cc1. The van der Waals surface area contributed by atoms with Crippen LogP contribution in [0.25, 0.3) is 0 Å². The molecule has 1 saturated heterocycles. The summed E-state index contributed by atoms with van der Waals surface area (Å²) < 4.78 is 6.41. The van der Waals surface area contributed by atoms with Crippen molar-refractivity contribution in [2.75, 3.05) is 20.7 Å². The molecule has 2 unspecified atom stereocenters. The molecule has 8 nitrogen and oxygen atoms in total. The van der Waals surface area contributed by atoms with Gasteiger partial charge in [-0.1, -0.05) is 0 Å². The van der Waals surface area contributed by atoms with Crippen molar-refractivity contribution in [3.8, 4) is 0 Å². The molecule has 27 heavy (non-hydrogen) atoms. The Hall–Kier alpha value is -1.72. The fourth-order valence-corrected chi connectivity index (χ4v) is 3.09. The minimum absolute atomic E-state index is 0.345. The highest BCUT2D eigenvalue weighted by molar-refractivity contribution is 14.1. The van der Waals surface area contributed by atoms with Crippen LogP contribution < -0.4 is 5.73 Å². The lowest BCUT2D eigenvalue weighted by atomic mass is 9.97. The lowest BCUT2D eigenvalue weighted by molar-refractivity contribution is -0.274. The molecule has 1 aromatic carbocycles. The summed E-state index contributed by atoms with van der Waals surface area (Å²) in [5.74, 6) is -2.19. The normalized spacial score (nSPS) is 19.0. The van der Waals surface area contributed by atoms with Gasteiger partial charge in [-0.25, -0.2) is 9.90 Å². The molecule has 3 amide bonds. The lowest BCUT2D eigenvalue weighted by Gasteiger charge is -2.38. The van der Waals surface area contributed by atoms with Gasteiger partial charge in [0.15, 0.2) is 11.8 Å². The molecule has 0 radical (unpaired) electrons. The molecular weight excluding hydrogens is 465 g/mol. The second-order valence-electron chi connectivity index (χ2n) is 6.51. The van der Waals surface area contributed by atoms with E-state index in [0.29, 0.717) is 18.6 Å². The van der Waals surface area contributed by atoms with Crippen LogP contribution in [0.15, 0.2) is 24.3 Å². The van der Waals surface area contributed by atoms with Gasteiger partial charge in [0.2, 0.25) is 0 Å². The average molecular weight is 489 g/mol. The summed E-state index contributed by atoms with van der Waals surface area (Å²) in [7, 11) is 2.75. The molecule has 0 saturated carbocycles. The zero-order valence-electron chi connectivity index (χ0n) is 15.6. The number of carbonyl (C=O) groups excluding carboxylic acids is 3. The van der Waals surface area contributed by atoms with E-state index in [2.05, 4.69) is 22.6 Å². The van der Waals surface area contributed by atoms with E-state index < -0.39 is 29.6 Å². The fourth-order valence-electron chi connectivity index (χ4n) is 2.73. The largest absolute Gasteiger partial charge is 0.367 e. The first-order valence-electron chi connectivity index (χ1n) is 8.58. The minimum Gasteiger partial charge on any atom is -0.367 e. The van der Waals surface area contributed by atoms with E-state index in [0.717, 1.165) is 26.4 Å². The Morgan fingerprint density at radius 1 is 1.22 bits per heavy atom. The van der Waals surface area contributed by atoms with Crippen LogP contribution in [0.5, 0.6) is 0 Å². The van der Waals surface area contributed by atoms with E-state index in [-0.39, 0.29) is 0 Å². The predicted octanol–water partition coefficient (Wildman–Crippen LogP) is 1.52. The predicted molar refractivity (Wildman–Crippen MR) is 106 cm³/mol. The van der Waals surface area contributed by atoms with Gasteiger partial charge in [-0.15, -0.1) is 0 Å². The van der Waals surface area contributed by atoms with Crippen LogP contribution in [0.3, 0.4) is 0 Å². The Kier molecular flexibility index (Phi) is 7.18. The summed E-state index contributed by atoms with van der Waals surface area (Å²) in [5, 5.41) is 0.929. The third kappa shape index (κ3) is 4.77. The van der Waals surface area contributed by atoms with Crippen molar-refractivity contribution in [3.63, 3.8) is 0 Å². The van der Waals surface area contributed by atoms with E-state index in [1.54, 1.807) is 24.3 Å². The first-order valence-corrected chi connectivity index (χ1v) is 9.66. The van der Waals surface area contributed by atoms with Crippen LogP contribution in [0.2, 0.25) is 0 Å². The summed E-state index contributed by atoms with van der Waals surface area (Å²) in [6, 6.07) is 6.78. The molecule has 0 bridgehead atoms. The molecule has 1 fully saturated rings. The first kappa shape index (κ1) is 21.6. The third-order valence-electron chi connectivity index (χ3n) is 4.66. The molecule has 148 valence electrons. The molecular formula is C18H24IN3O5. The van der Waals surface area contributed by atoms with E-state index in [4.69, 9.17) is 15.3 Å². The van der Waals surface area contributed by atoms with Gasteiger partial charge in [-0.05, 0) is 66.6 Å². The number of amides is 3. The standard InChI is InChI=1S/C18H24IN3O5/c1-18(16(20)24,17(25)22(3)27-14-6-4-5-11-26-14)21(2)15(23)12-7-9-13(19)10-8-12/h7-10,14H,4-6,11H2,1-3H3,(H2,20,24). The molecule has 1 aromatic rings. The monoisotopic (exact) mass is 489 g/mol. The Bertz CT molecular complexity index is 705. The second kappa shape index (κ2) is 8.98. The Balaban J connectivity index is 2.20. The van der Waals surface area contributed by atoms with Gasteiger partial charge in [0.25, 0.3) is 17.7 Å². The zero-order chi connectivity index (χ0) is 20.2. The summed E-state index contributed by atoms with van der Waals surface area (Å²) in [6.07, 6.45) is 1.93. The Morgan fingerprint density at radius 2 is 1.85 bits per heavy atom. The molecule has 0 aliphatic carbocycles. The fraction of sp³-hybridized carbons (Fsp3) is 0.500. The van der Waals surface area contributed by atoms with Gasteiger partial charge >= 0.3 is 0 Å². The maximum atomic E-state index is 13.0. The van der Waals surface area contributed by atoms with Crippen molar-refractivity contribution in [2.24, 2.45) is 5.73 Å². The van der Waals surface area contributed by atoms with E-state index in [1.807, 2.05) is 0 Å². The summed E-state index contributed by atoms with van der Waals surface area (Å²) in [6.45, 7) is 1.86. The second-order valence-corrected chi connectivity index (χ2v) is 7.76. The van der Waals surface area contributed by atoms with Gasteiger partial charge < -0.3 is 15.4 Å². The van der Waals surface area contributed by atoms with Crippen molar-refractivity contribution in [1.29, 1.82) is 0 Å². The number of hydroxylamine groups is 2. The molecule has 9 heteroatoms. The number of primary amides is 1. The van der Waals surface area contributed by atoms with Crippen LogP contribution in [-0.2, 0) is 19.2 Å². The number of ether oxygens (including phenoxy) is 1. The minimum atomic E-state index is -1.91. The topological polar surface area (TPSA) is 102 Å². The number of likely N-dealkylation sites (N-methyl/N-ethyl adjacent to an activating group) is 2. The van der Waals surface area contributed by atoms with Crippen LogP contribution in [0.4, 0.5) is 0 Å². The highest BCUT2D eigenvalue weighted by Crippen LogP contribution is 2.22. The number of hydrogen-bond donors (Lipinski definition) is 1. The van der Waals surface area contributed by atoms with Crippen LogP contribution in [0.1, 0.15) is 36.5 Å². The van der Waals surface area contributed by atoms with Gasteiger partial charge in [0.05, 0.1) is 0 Å². The van der Waals surface area contributed by atoms with Crippen molar-refractivity contribution in [3.05, 3.63) is 33.4 Å². The Labute approximate surface area is 172 Å². The highest BCUT2D eigenvalue weighted by atomic mass is 127. The summed E-state index contributed by atoms with van der Waals surface area (Å²) in [4.78, 5) is 44.5. The van der Waals surface area contributed by atoms with Gasteiger partial charge in [-0.3, -0.25) is 14.4 Å². The number of halogens is 1. The van der Waals surface area contributed by atoms with Gasteiger partial charge in [0.1, 0.15) is 0 Å². The molecule has 2 N–H and O–H groups in total. The maximum Gasteiger partial charge on any atom is 0.281 e. The molecule has 1 aliphatic heterocycles. The van der Waals surface area contributed by atoms with Gasteiger partial charge in [-0.2, -0.15) is 0 Å². The number of rotatable bonds is 6. The van der Waals surface area contributed by atoms with Gasteiger partial charge in [0, 0.05) is 36.3 Å². The zero-order valence-corrected chi connectivity index (χ0v) is 17.8. The highest BCUT2D eigenvalue weighted by Gasteiger charge is 2.48. The van der Waals surface area contributed by atoms with Crippen LogP contribution in [0, 0.1) is 3.57 Å². The molecule has 1 aliphatic rings. The molecule has 0 aromatic heterocycles. The average Bonchev–Trinajstić information content (AvgIpc) is 2.66. The number of carbonyl (C=O) groups is 3. The molecule has 2 rings (SSSR count). The number of hydrogen-bond acceptors (Lipinski definition) is 5. The number of nitrogens with zero attached hydrogens (tertiary/aromatic N) is 2. The first-order chi connectivity index (χ1) is 12.7. The van der Waals surface area contributed by atoms with Crippen molar-refractivity contribution >= 4 is 40.3 Å². The smallest absolute Gasteiger partial charge is 0.281 e. The van der Waals surface area contributed by atoms with E-state index in [9.17, 15) is 14.4 Å². The van der Waals surface area contributed by atoms with E-state index >= 15 is 0 Å². The Morgan fingerprint density at radius 3 is 2.37 bits per heavy atom. The molecule has 1 heterocycles. The lowest BCUT2D eigenvalue weighted by Crippen LogP contribution is -2.64. The van der Waals surface area contributed by atoms with Crippen LogP contribution in [-0.4, -0.2) is 60.2 Å². The van der Waals surface area contributed by atoms with Crippen molar-refractivity contribution in [1.82, 2.24) is 9.96 Å².